The minimum atomic E-state index is -4.94. The summed E-state index contributed by atoms with van der Waals surface area (Å²) in [7, 11) is -3.22. The molecule has 2 aromatic rings. The molecule has 1 fully saturated rings. The van der Waals surface area contributed by atoms with Crippen LogP contribution < -0.4 is 0 Å². The van der Waals surface area contributed by atoms with Crippen molar-refractivity contribution in [3.63, 3.8) is 0 Å². The summed E-state index contributed by atoms with van der Waals surface area (Å²) in [5.41, 5.74) is -1.10. The number of aliphatic carboxylic acids is 1. The zero-order chi connectivity index (χ0) is 21.4. The van der Waals surface area contributed by atoms with E-state index in [1.54, 1.807) is 0 Å². The Morgan fingerprint density at radius 2 is 1.97 bits per heavy atom. The first-order chi connectivity index (χ1) is 13.6. The van der Waals surface area contributed by atoms with Crippen molar-refractivity contribution in [1.29, 1.82) is 0 Å². The third-order valence-corrected chi connectivity index (χ3v) is 7.20. The number of aromatic nitrogens is 2. The maximum absolute atomic E-state index is 13.7. The van der Waals surface area contributed by atoms with Gasteiger partial charge >= 0.3 is 12.1 Å². The van der Waals surface area contributed by atoms with Gasteiger partial charge in [0.2, 0.25) is 0 Å². The average Bonchev–Trinajstić information content (AvgIpc) is 3.13. The quantitative estimate of drug-likeness (QED) is 0.777. The van der Waals surface area contributed by atoms with Crippen molar-refractivity contribution < 1.29 is 36.2 Å². The lowest BCUT2D eigenvalue weighted by Crippen LogP contribution is -2.24. The van der Waals surface area contributed by atoms with Gasteiger partial charge < -0.3 is 9.84 Å². The van der Waals surface area contributed by atoms with Gasteiger partial charge in [-0.1, -0.05) is 6.07 Å². The number of hydrogen-bond acceptors (Lipinski definition) is 6. The van der Waals surface area contributed by atoms with Crippen LogP contribution in [0, 0.1) is 5.92 Å². The Balaban J connectivity index is 2.06. The van der Waals surface area contributed by atoms with E-state index in [0.29, 0.717) is 6.07 Å². The number of alkyl halides is 3. The third-order valence-electron chi connectivity index (χ3n) is 4.97. The van der Waals surface area contributed by atoms with Crippen LogP contribution in [0.3, 0.4) is 0 Å². The number of ether oxygens (including phenoxy) is 1. The smallest absolute Gasteiger partial charge is 0.417 e. The van der Waals surface area contributed by atoms with Crippen molar-refractivity contribution in [2.24, 2.45) is 5.92 Å². The molecule has 0 amide bonds. The fraction of sp³-hybridized carbons (Fsp3) is 0.389. The van der Waals surface area contributed by atoms with Crippen LogP contribution in [0.15, 0.2) is 41.7 Å². The first-order valence-corrected chi connectivity index (χ1v) is 10.1. The van der Waals surface area contributed by atoms with E-state index in [4.69, 9.17) is 4.74 Å². The summed E-state index contributed by atoms with van der Waals surface area (Å²) in [5.74, 6) is -2.35. The number of hydrogen-bond donors (Lipinski definition) is 1. The second-order valence-corrected chi connectivity index (χ2v) is 8.85. The second kappa shape index (κ2) is 7.71. The van der Waals surface area contributed by atoms with Crippen LogP contribution in [0.1, 0.15) is 18.4 Å². The van der Waals surface area contributed by atoms with Gasteiger partial charge in [0.05, 0.1) is 39.6 Å². The monoisotopic (exact) mass is 430 g/mol. The summed E-state index contributed by atoms with van der Waals surface area (Å²) in [5, 5.41) is 7.95. The lowest BCUT2D eigenvalue weighted by Gasteiger charge is -2.18. The summed E-state index contributed by atoms with van der Waals surface area (Å²) in [6, 6.07) is 2.83. The molecule has 29 heavy (non-hydrogen) atoms. The number of methoxy groups -OCH3 is 1. The van der Waals surface area contributed by atoms with Gasteiger partial charge in [-0.2, -0.15) is 13.2 Å². The highest BCUT2D eigenvalue weighted by Crippen LogP contribution is 2.41. The van der Waals surface area contributed by atoms with E-state index in [2.05, 4.69) is 9.97 Å². The Morgan fingerprint density at radius 1 is 1.24 bits per heavy atom. The summed E-state index contributed by atoms with van der Waals surface area (Å²) in [4.78, 5) is 18.2. The van der Waals surface area contributed by atoms with Crippen LogP contribution in [0.4, 0.5) is 13.2 Å². The van der Waals surface area contributed by atoms with Crippen molar-refractivity contribution in [2.45, 2.75) is 35.3 Å². The molecule has 3 atom stereocenters. The summed E-state index contributed by atoms with van der Waals surface area (Å²) in [6.45, 7) is 0. The molecule has 0 bridgehead atoms. The standard InChI is InChI=1S/C18H17F3N2O5S/c1-28-15-8-11(7-12(15)17(24)25)29(26,27)16-3-2-10(6-13(16)18(19,20)21)14-9-22-4-5-23-14/h2-6,9,11-12,15H,7-8H2,1H3,(H,24,25)/t11-,12-,15-/m1/s1. The molecule has 1 aromatic carbocycles. The number of carbonyl (C=O) groups is 1. The van der Waals surface area contributed by atoms with Crippen molar-refractivity contribution in [2.75, 3.05) is 7.11 Å². The largest absolute Gasteiger partial charge is 0.481 e. The fourth-order valence-corrected chi connectivity index (χ4v) is 5.52. The number of carboxylic acids is 1. The number of halogens is 3. The van der Waals surface area contributed by atoms with E-state index in [9.17, 15) is 31.5 Å². The highest BCUT2D eigenvalue weighted by Gasteiger charge is 2.47. The Morgan fingerprint density at radius 3 is 2.48 bits per heavy atom. The maximum Gasteiger partial charge on any atom is 0.417 e. The van der Waals surface area contributed by atoms with Gasteiger partial charge in [-0.3, -0.25) is 14.8 Å². The molecule has 3 rings (SSSR count). The van der Waals surface area contributed by atoms with E-state index in [0.717, 1.165) is 6.07 Å². The van der Waals surface area contributed by atoms with Crippen molar-refractivity contribution >= 4 is 15.8 Å². The first-order valence-electron chi connectivity index (χ1n) is 8.53. The molecule has 1 saturated carbocycles. The summed E-state index contributed by atoms with van der Waals surface area (Å²) in [6.07, 6.45) is -2.41. The van der Waals surface area contributed by atoms with Crippen LogP contribution in [-0.4, -0.2) is 47.9 Å². The molecule has 1 aromatic heterocycles. The fourth-order valence-electron chi connectivity index (χ4n) is 3.51. The molecule has 0 aliphatic heterocycles. The molecule has 0 spiro atoms. The molecule has 1 heterocycles. The van der Waals surface area contributed by atoms with E-state index in [1.807, 2.05) is 0 Å². The second-order valence-electron chi connectivity index (χ2n) is 6.66. The number of sulfone groups is 1. The van der Waals surface area contributed by atoms with Crippen molar-refractivity contribution in [1.82, 2.24) is 9.97 Å². The van der Waals surface area contributed by atoms with Crippen molar-refractivity contribution in [3.05, 3.63) is 42.4 Å². The van der Waals surface area contributed by atoms with Gasteiger partial charge in [-0.05, 0) is 25.0 Å². The molecule has 1 aliphatic carbocycles. The topological polar surface area (TPSA) is 106 Å². The number of carboxylic acid groups (broad SMARTS) is 1. The van der Waals surface area contributed by atoms with Crippen LogP contribution in [-0.2, 0) is 25.5 Å². The van der Waals surface area contributed by atoms with E-state index in [-0.39, 0.29) is 24.1 Å². The molecule has 0 radical (unpaired) electrons. The minimum Gasteiger partial charge on any atom is -0.481 e. The molecule has 1 N–H and O–H groups in total. The predicted octanol–water partition coefficient (Wildman–Crippen LogP) is 2.81. The number of rotatable bonds is 5. The molecule has 1 aliphatic rings. The predicted molar refractivity (Wildman–Crippen MR) is 94.6 cm³/mol. The average molecular weight is 430 g/mol. The maximum atomic E-state index is 13.7. The molecule has 0 unspecified atom stereocenters. The normalized spacial score (nSPS) is 22.6. The molecule has 11 heteroatoms. The van der Waals surface area contributed by atoms with E-state index < -0.39 is 49.7 Å². The summed E-state index contributed by atoms with van der Waals surface area (Å²) < 4.78 is 72.1. The van der Waals surface area contributed by atoms with Crippen LogP contribution >= 0.6 is 0 Å². The number of benzene rings is 1. The Hall–Kier alpha value is -2.53. The lowest BCUT2D eigenvalue weighted by atomic mass is 10.1. The van der Waals surface area contributed by atoms with E-state index >= 15 is 0 Å². The Labute approximate surface area is 164 Å². The highest BCUT2D eigenvalue weighted by molar-refractivity contribution is 7.92. The molecule has 0 saturated heterocycles. The molecule has 7 nitrogen and oxygen atoms in total. The SMILES string of the molecule is CO[C@@H]1C[C@H](S(=O)(=O)c2ccc(-c3cnccn3)cc2C(F)(F)F)C[C@H]1C(=O)O. The highest BCUT2D eigenvalue weighted by atomic mass is 32.2. The number of nitrogens with zero attached hydrogens (tertiary/aromatic N) is 2. The zero-order valence-corrected chi connectivity index (χ0v) is 15.9. The third kappa shape index (κ3) is 4.10. The first kappa shape index (κ1) is 21.2. The minimum absolute atomic E-state index is 0.0639. The molecular weight excluding hydrogens is 413 g/mol. The summed E-state index contributed by atoms with van der Waals surface area (Å²) >= 11 is 0. The van der Waals surface area contributed by atoms with Crippen molar-refractivity contribution in [3.8, 4) is 11.3 Å². The van der Waals surface area contributed by atoms with E-state index in [1.165, 1.54) is 31.8 Å². The van der Waals surface area contributed by atoms with Gasteiger partial charge in [-0.25, -0.2) is 8.42 Å². The van der Waals surface area contributed by atoms with Crippen LogP contribution in [0.25, 0.3) is 11.3 Å². The van der Waals surface area contributed by atoms with Gasteiger partial charge in [0, 0.05) is 25.1 Å². The van der Waals surface area contributed by atoms with Gasteiger partial charge in [-0.15, -0.1) is 0 Å². The lowest BCUT2D eigenvalue weighted by molar-refractivity contribution is -0.145. The zero-order valence-electron chi connectivity index (χ0n) is 15.1. The molecular formula is C18H17F3N2O5S. The Bertz CT molecular complexity index is 1010. The van der Waals surface area contributed by atoms with Gasteiger partial charge in [0.1, 0.15) is 0 Å². The van der Waals surface area contributed by atoms with Crippen LogP contribution in [0.2, 0.25) is 0 Å². The molecule has 156 valence electrons. The Kier molecular flexibility index (Phi) is 5.63. The van der Waals surface area contributed by atoms with Crippen LogP contribution in [0.5, 0.6) is 0 Å². The van der Waals surface area contributed by atoms with Gasteiger partial charge in [0.25, 0.3) is 0 Å². The van der Waals surface area contributed by atoms with Gasteiger partial charge in [0.15, 0.2) is 9.84 Å².